The normalized spacial score (nSPS) is 16.3. The maximum Gasteiger partial charge on any atom is 0.301 e. The summed E-state index contributed by atoms with van der Waals surface area (Å²) in [5, 5.41) is 20.8. The number of carbonyl (C=O) groups is 2. The van der Waals surface area contributed by atoms with Crippen molar-refractivity contribution in [2.75, 3.05) is 11.5 Å². The number of thioether (sulfide) groups is 1. The van der Waals surface area contributed by atoms with Crippen LogP contribution in [-0.2, 0) is 15.3 Å². The second-order valence-electron chi connectivity index (χ2n) is 9.30. The van der Waals surface area contributed by atoms with Crippen LogP contribution < -0.4 is 9.64 Å². The molecule has 1 N–H and O–H groups in total. The fraction of sp³-hybridized carbons (Fsp3) is 0.233. The number of hydrogen-bond donors (Lipinski definition) is 1. The maximum absolute atomic E-state index is 13.5. The van der Waals surface area contributed by atoms with E-state index in [1.807, 2.05) is 36.4 Å². The number of pyridine rings is 1. The summed E-state index contributed by atoms with van der Waals surface area (Å²) in [5.41, 5.74) is 2.02. The number of ether oxygens (including phenoxy) is 1. The molecule has 1 aliphatic rings. The van der Waals surface area contributed by atoms with Crippen molar-refractivity contribution in [1.29, 1.82) is 0 Å². The molecule has 0 bridgehead atoms. The van der Waals surface area contributed by atoms with E-state index in [2.05, 4.69) is 22.1 Å². The first-order valence-electron chi connectivity index (χ1n) is 13.1. The van der Waals surface area contributed by atoms with Gasteiger partial charge in [-0.15, -0.1) is 10.2 Å². The lowest BCUT2D eigenvalue weighted by molar-refractivity contribution is -0.132. The molecule has 1 amide bonds. The molecule has 8 nitrogen and oxygen atoms in total. The Morgan fingerprint density at radius 1 is 1.07 bits per heavy atom. The first-order chi connectivity index (χ1) is 20.0. The number of aliphatic hydroxyl groups excluding tert-OH is 1. The minimum absolute atomic E-state index is 0.0325. The van der Waals surface area contributed by atoms with Gasteiger partial charge in [-0.3, -0.25) is 19.5 Å². The van der Waals surface area contributed by atoms with E-state index in [1.165, 1.54) is 40.4 Å². The third-order valence-electron chi connectivity index (χ3n) is 6.47. The van der Waals surface area contributed by atoms with E-state index in [9.17, 15) is 14.7 Å². The quantitative estimate of drug-likeness (QED) is 0.0482. The van der Waals surface area contributed by atoms with E-state index in [1.54, 1.807) is 24.3 Å². The van der Waals surface area contributed by atoms with Gasteiger partial charge in [0.15, 0.2) is 4.34 Å². The molecule has 210 valence electrons. The van der Waals surface area contributed by atoms with E-state index in [-0.39, 0.29) is 16.5 Å². The smallest absolute Gasteiger partial charge is 0.301 e. The zero-order valence-electron chi connectivity index (χ0n) is 22.2. The molecular weight excluding hydrogens is 580 g/mol. The summed E-state index contributed by atoms with van der Waals surface area (Å²) < 4.78 is 6.59. The van der Waals surface area contributed by atoms with Crippen LogP contribution in [0.3, 0.4) is 0 Å². The minimum Gasteiger partial charge on any atom is -0.507 e. The predicted molar refractivity (Wildman–Crippen MR) is 161 cm³/mol. The monoisotopic (exact) mass is 606 g/mol. The maximum atomic E-state index is 13.5. The molecule has 0 saturated carbocycles. The third kappa shape index (κ3) is 6.61. The van der Waals surface area contributed by atoms with Crippen LogP contribution in [0, 0.1) is 0 Å². The Kier molecular flexibility index (Phi) is 9.33. The second-order valence-corrected chi connectivity index (χ2v) is 11.9. The topological polar surface area (TPSA) is 106 Å². The Hall–Kier alpha value is -3.73. The zero-order valence-corrected chi connectivity index (χ0v) is 24.6. The van der Waals surface area contributed by atoms with E-state index in [0.29, 0.717) is 38.6 Å². The fourth-order valence-corrected chi connectivity index (χ4v) is 6.36. The van der Waals surface area contributed by atoms with Crippen molar-refractivity contribution in [2.45, 2.75) is 42.3 Å². The molecule has 0 spiro atoms. The average Bonchev–Trinajstić information content (AvgIpc) is 3.57. The molecule has 0 aliphatic carbocycles. The van der Waals surface area contributed by atoms with Gasteiger partial charge in [0.1, 0.15) is 11.5 Å². The standard InChI is InChI=1S/C30H27ClN4O4S2/c1-2-3-4-16-39-23-7-5-6-21(17-23)25-24(26(36)20-12-14-32-15-13-20)27(37)28(38)35(25)29-33-34-30(41-29)40-18-19-8-10-22(31)11-9-19/h5-15,17,25,36H,2-4,16,18H2,1H3/b26-24+. The number of aromatic nitrogens is 3. The van der Waals surface area contributed by atoms with E-state index in [0.717, 1.165) is 24.8 Å². The number of benzene rings is 2. The summed E-state index contributed by atoms with van der Waals surface area (Å²) in [6.07, 6.45) is 6.08. The summed E-state index contributed by atoms with van der Waals surface area (Å²) in [6.45, 7) is 2.68. The van der Waals surface area contributed by atoms with E-state index in [4.69, 9.17) is 16.3 Å². The van der Waals surface area contributed by atoms with Crippen LogP contribution in [0.5, 0.6) is 5.75 Å². The highest BCUT2D eigenvalue weighted by molar-refractivity contribution is 8.00. The van der Waals surface area contributed by atoms with Crippen molar-refractivity contribution in [3.05, 3.63) is 100 Å². The van der Waals surface area contributed by atoms with Crippen LogP contribution in [0.4, 0.5) is 5.13 Å². The van der Waals surface area contributed by atoms with Crippen molar-refractivity contribution in [3.63, 3.8) is 0 Å². The highest BCUT2D eigenvalue weighted by atomic mass is 35.5. The summed E-state index contributed by atoms with van der Waals surface area (Å²) in [5.74, 6) is -0.624. The Morgan fingerprint density at radius 3 is 2.61 bits per heavy atom. The van der Waals surface area contributed by atoms with Gasteiger partial charge < -0.3 is 9.84 Å². The lowest BCUT2D eigenvalue weighted by Crippen LogP contribution is -2.29. The lowest BCUT2D eigenvalue weighted by atomic mass is 9.95. The number of nitrogens with zero attached hydrogens (tertiary/aromatic N) is 4. The molecule has 0 radical (unpaired) electrons. The van der Waals surface area contributed by atoms with Gasteiger partial charge in [0.05, 0.1) is 18.2 Å². The number of hydrogen-bond acceptors (Lipinski definition) is 9. The van der Waals surface area contributed by atoms with Crippen LogP contribution in [0.25, 0.3) is 5.76 Å². The van der Waals surface area contributed by atoms with Crippen LogP contribution in [-0.4, -0.2) is 38.6 Å². The average molecular weight is 607 g/mol. The molecule has 5 rings (SSSR count). The number of amides is 1. The number of Topliss-reactive ketones (excluding diaryl/α,β-unsaturated/α-hetero) is 1. The Bertz CT molecular complexity index is 1560. The van der Waals surface area contributed by atoms with E-state index < -0.39 is 17.7 Å². The molecule has 41 heavy (non-hydrogen) atoms. The third-order valence-corrected chi connectivity index (χ3v) is 8.85. The number of aliphatic hydroxyl groups is 1. The Labute approximate surface area is 251 Å². The molecule has 2 aromatic carbocycles. The Balaban J connectivity index is 1.50. The van der Waals surface area contributed by atoms with Crippen LogP contribution in [0.2, 0.25) is 5.02 Å². The van der Waals surface area contributed by atoms with Crippen LogP contribution >= 0.6 is 34.7 Å². The molecule has 11 heteroatoms. The van der Waals surface area contributed by atoms with Crippen LogP contribution in [0.15, 0.2) is 83.0 Å². The van der Waals surface area contributed by atoms with E-state index >= 15 is 0 Å². The molecule has 1 fully saturated rings. The van der Waals surface area contributed by atoms with Gasteiger partial charge in [-0.25, -0.2) is 0 Å². The van der Waals surface area contributed by atoms with Gasteiger partial charge in [0.25, 0.3) is 5.78 Å². The summed E-state index contributed by atoms with van der Waals surface area (Å²) >= 11 is 8.67. The predicted octanol–water partition coefficient (Wildman–Crippen LogP) is 7.07. The van der Waals surface area contributed by atoms with Gasteiger partial charge in [-0.05, 0) is 53.9 Å². The van der Waals surface area contributed by atoms with Gasteiger partial charge in [-0.2, -0.15) is 0 Å². The van der Waals surface area contributed by atoms with Crippen LogP contribution in [0.1, 0.15) is 48.9 Å². The second kappa shape index (κ2) is 13.3. The van der Waals surface area contributed by atoms with Crippen molar-refractivity contribution < 1.29 is 19.4 Å². The number of rotatable bonds is 11. The number of unbranched alkanes of at least 4 members (excludes halogenated alkanes) is 2. The fourth-order valence-electron chi connectivity index (χ4n) is 4.41. The highest BCUT2D eigenvalue weighted by Crippen LogP contribution is 2.44. The lowest BCUT2D eigenvalue weighted by Gasteiger charge is -2.23. The molecule has 3 heterocycles. The van der Waals surface area contributed by atoms with Crippen molar-refractivity contribution in [2.24, 2.45) is 0 Å². The van der Waals surface area contributed by atoms with Gasteiger partial charge in [0.2, 0.25) is 5.13 Å². The summed E-state index contributed by atoms with van der Waals surface area (Å²) in [6, 6.07) is 17.0. The number of ketones is 1. The molecular formula is C30H27ClN4O4S2. The SMILES string of the molecule is CCCCCOc1cccc(C2/C(=C(\O)c3ccncc3)C(=O)C(=O)N2c2nnc(SCc3ccc(Cl)cc3)s2)c1. The van der Waals surface area contributed by atoms with Gasteiger partial charge in [-0.1, -0.05) is 78.7 Å². The van der Waals surface area contributed by atoms with Gasteiger partial charge >= 0.3 is 5.91 Å². The summed E-state index contributed by atoms with van der Waals surface area (Å²) in [4.78, 5) is 32.2. The number of anilines is 1. The number of carbonyl (C=O) groups excluding carboxylic acids is 2. The Morgan fingerprint density at radius 2 is 1.85 bits per heavy atom. The molecule has 1 atom stereocenters. The largest absolute Gasteiger partial charge is 0.507 e. The molecule has 2 aromatic heterocycles. The zero-order chi connectivity index (χ0) is 28.8. The number of halogens is 1. The first kappa shape index (κ1) is 28.8. The highest BCUT2D eigenvalue weighted by Gasteiger charge is 2.48. The van der Waals surface area contributed by atoms with Crippen molar-refractivity contribution >= 4 is 57.3 Å². The molecule has 4 aromatic rings. The van der Waals surface area contributed by atoms with Gasteiger partial charge in [0, 0.05) is 28.7 Å². The van der Waals surface area contributed by atoms with Crippen molar-refractivity contribution in [1.82, 2.24) is 15.2 Å². The van der Waals surface area contributed by atoms with Crippen molar-refractivity contribution in [3.8, 4) is 5.75 Å². The molecule has 1 aliphatic heterocycles. The summed E-state index contributed by atoms with van der Waals surface area (Å²) in [7, 11) is 0. The minimum atomic E-state index is -0.926. The molecule has 1 unspecified atom stereocenters. The first-order valence-corrected chi connectivity index (χ1v) is 15.3. The molecule has 1 saturated heterocycles.